The lowest BCUT2D eigenvalue weighted by atomic mass is 10.1. The topological polar surface area (TPSA) is 83.0 Å². The fourth-order valence-electron chi connectivity index (χ4n) is 2.86. The lowest BCUT2D eigenvalue weighted by molar-refractivity contribution is 0.253. The van der Waals surface area contributed by atoms with Crippen molar-refractivity contribution in [3.05, 3.63) is 69.9 Å². The minimum Gasteiger partial charge on any atom is -0.463 e. The Morgan fingerprint density at radius 1 is 1.32 bits per heavy atom. The standard InChI is InChI=1S/C21H18N4O2S/c1-13(26)7-8-14-11-17(28-12-14)19-21(22-2)25-20-15(5-3-9-23-20)18(24-19)16-6-4-10-27-16/h3-6,9-13,19,26H,1-2H3,(H,22,23,25). The fraction of sp³-hybridized carbons (Fsp3) is 0.190. The highest BCUT2D eigenvalue weighted by Gasteiger charge is 2.26. The molecule has 0 aliphatic carbocycles. The number of thiophene rings is 1. The van der Waals surface area contributed by atoms with Gasteiger partial charge in [-0.25, -0.2) is 9.98 Å². The Hall–Kier alpha value is -3.21. The van der Waals surface area contributed by atoms with E-state index in [2.05, 4.69) is 22.1 Å². The summed E-state index contributed by atoms with van der Waals surface area (Å²) in [5, 5.41) is 14.5. The van der Waals surface area contributed by atoms with E-state index in [1.165, 1.54) is 0 Å². The van der Waals surface area contributed by atoms with Gasteiger partial charge in [0.1, 0.15) is 23.7 Å². The van der Waals surface area contributed by atoms with Gasteiger partial charge in [0, 0.05) is 34.6 Å². The normalized spacial score (nSPS) is 16.8. The van der Waals surface area contributed by atoms with Crippen LogP contribution in [0.15, 0.2) is 62.6 Å². The lowest BCUT2D eigenvalue weighted by Gasteiger charge is -2.12. The summed E-state index contributed by atoms with van der Waals surface area (Å²) in [4.78, 5) is 15.1. The fourth-order valence-corrected chi connectivity index (χ4v) is 3.73. The van der Waals surface area contributed by atoms with Crippen molar-refractivity contribution in [1.29, 1.82) is 0 Å². The molecule has 2 unspecified atom stereocenters. The molecule has 7 heteroatoms. The average Bonchev–Trinajstić information content (AvgIpc) is 3.36. The van der Waals surface area contributed by atoms with Gasteiger partial charge in [0.2, 0.25) is 0 Å². The van der Waals surface area contributed by atoms with Crippen LogP contribution in [0, 0.1) is 11.8 Å². The molecule has 4 rings (SSSR count). The second-order valence-corrected chi connectivity index (χ2v) is 7.11. The Kier molecular flexibility index (Phi) is 5.06. The van der Waals surface area contributed by atoms with Crippen LogP contribution < -0.4 is 5.32 Å². The van der Waals surface area contributed by atoms with Crippen LogP contribution in [0.5, 0.6) is 0 Å². The van der Waals surface area contributed by atoms with Crippen LogP contribution >= 0.6 is 11.3 Å². The third-order valence-electron chi connectivity index (χ3n) is 4.11. The van der Waals surface area contributed by atoms with Gasteiger partial charge in [-0.05, 0) is 37.3 Å². The summed E-state index contributed by atoms with van der Waals surface area (Å²) in [5.74, 6) is 7.70. The predicted octanol–water partition coefficient (Wildman–Crippen LogP) is 3.31. The largest absolute Gasteiger partial charge is 0.463 e. The van der Waals surface area contributed by atoms with Crippen LogP contribution in [0.4, 0.5) is 5.82 Å². The van der Waals surface area contributed by atoms with Gasteiger partial charge >= 0.3 is 0 Å². The first-order valence-corrected chi connectivity index (χ1v) is 9.65. The third-order valence-corrected chi connectivity index (χ3v) is 5.10. The average molecular weight is 390 g/mol. The highest BCUT2D eigenvalue weighted by atomic mass is 32.1. The summed E-state index contributed by atoms with van der Waals surface area (Å²) in [7, 11) is 1.82. The number of rotatable bonds is 2. The minimum atomic E-state index is -0.667. The molecule has 2 atom stereocenters. The zero-order valence-corrected chi connectivity index (χ0v) is 16.2. The van der Waals surface area contributed by atoms with Crippen molar-refractivity contribution >= 4 is 28.7 Å². The Morgan fingerprint density at radius 2 is 2.21 bits per heavy atom. The molecule has 0 fully saturated rings. The summed E-state index contributed by atoms with van der Waals surface area (Å²) in [6.45, 7) is 1.64. The molecular weight excluding hydrogens is 372 g/mol. The number of pyridine rings is 1. The molecule has 0 amide bonds. The summed E-state index contributed by atoms with van der Waals surface area (Å²) in [6.07, 6.45) is 2.67. The monoisotopic (exact) mass is 390 g/mol. The Balaban J connectivity index is 1.84. The van der Waals surface area contributed by atoms with Gasteiger partial charge in [-0.3, -0.25) is 4.99 Å². The number of aliphatic imine (C=N–C) groups is 2. The second-order valence-electron chi connectivity index (χ2n) is 6.16. The molecule has 28 heavy (non-hydrogen) atoms. The SMILES string of the molecule is CNC1=Nc2ncccc2C(c2ccco2)=NC1c1cc(C#CC(C)O)cs1. The molecule has 0 saturated carbocycles. The van der Waals surface area contributed by atoms with Crippen molar-refractivity contribution < 1.29 is 9.52 Å². The highest BCUT2D eigenvalue weighted by molar-refractivity contribution is 7.10. The zero-order chi connectivity index (χ0) is 19.5. The predicted molar refractivity (Wildman–Crippen MR) is 110 cm³/mol. The number of nitrogens with zero attached hydrogens (tertiary/aromatic N) is 3. The number of fused-ring (bicyclic) bond motifs is 1. The van der Waals surface area contributed by atoms with Crippen molar-refractivity contribution in [1.82, 2.24) is 10.3 Å². The molecule has 0 saturated heterocycles. The second kappa shape index (κ2) is 7.80. The number of hydrogen-bond donors (Lipinski definition) is 2. The van der Waals surface area contributed by atoms with Gasteiger partial charge in [0.05, 0.1) is 6.26 Å². The first kappa shape index (κ1) is 18.2. The van der Waals surface area contributed by atoms with Gasteiger partial charge in [0.25, 0.3) is 0 Å². The Labute approximate surface area is 166 Å². The van der Waals surface area contributed by atoms with Gasteiger partial charge in [-0.1, -0.05) is 11.8 Å². The molecule has 0 spiro atoms. The van der Waals surface area contributed by atoms with Crippen LogP contribution in [0.3, 0.4) is 0 Å². The van der Waals surface area contributed by atoms with Crippen molar-refractivity contribution in [3.63, 3.8) is 0 Å². The molecule has 1 aliphatic heterocycles. The van der Waals surface area contributed by atoms with E-state index >= 15 is 0 Å². The molecular formula is C21H18N4O2S. The quantitative estimate of drug-likeness (QED) is 0.658. The van der Waals surface area contributed by atoms with Gasteiger partial charge < -0.3 is 14.8 Å². The maximum Gasteiger partial charge on any atom is 0.163 e. The summed E-state index contributed by atoms with van der Waals surface area (Å²) in [6, 6.07) is 9.15. The van der Waals surface area contributed by atoms with E-state index in [0.29, 0.717) is 23.1 Å². The molecule has 3 aromatic rings. The van der Waals surface area contributed by atoms with E-state index in [-0.39, 0.29) is 6.04 Å². The third kappa shape index (κ3) is 3.60. The van der Waals surface area contributed by atoms with Crippen molar-refractivity contribution in [2.75, 3.05) is 7.05 Å². The lowest BCUT2D eigenvalue weighted by Crippen LogP contribution is -2.24. The highest BCUT2D eigenvalue weighted by Crippen LogP contribution is 2.32. The van der Waals surface area contributed by atoms with Gasteiger partial charge in [-0.2, -0.15) is 0 Å². The number of hydrogen-bond acceptors (Lipinski definition) is 7. The summed E-state index contributed by atoms with van der Waals surface area (Å²) < 4.78 is 5.63. The Morgan fingerprint density at radius 3 is 2.96 bits per heavy atom. The van der Waals surface area contributed by atoms with E-state index in [1.54, 1.807) is 30.7 Å². The first-order chi connectivity index (χ1) is 13.7. The number of aliphatic hydroxyl groups excluding tert-OH is 1. The van der Waals surface area contributed by atoms with Crippen molar-refractivity contribution in [2.24, 2.45) is 9.98 Å². The first-order valence-electron chi connectivity index (χ1n) is 8.77. The number of aromatic nitrogens is 1. The summed E-state index contributed by atoms with van der Waals surface area (Å²) in [5.41, 5.74) is 2.36. The molecule has 2 N–H and O–H groups in total. The maximum absolute atomic E-state index is 9.39. The number of aliphatic hydroxyl groups is 1. The molecule has 3 aromatic heterocycles. The maximum atomic E-state index is 9.39. The zero-order valence-electron chi connectivity index (χ0n) is 15.4. The van der Waals surface area contributed by atoms with Crippen LogP contribution in [-0.2, 0) is 0 Å². The Bertz CT molecular complexity index is 1100. The van der Waals surface area contributed by atoms with E-state index in [0.717, 1.165) is 16.0 Å². The van der Waals surface area contributed by atoms with Crippen LogP contribution in [0.1, 0.15) is 34.7 Å². The molecule has 0 aromatic carbocycles. The number of nitrogens with one attached hydrogen (secondary N) is 1. The van der Waals surface area contributed by atoms with Crippen molar-refractivity contribution in [2.45, 2.75) is 19.1 Å². The smallest absolute Gasteiger partial charge is 0.163 e. The number of likely N-dealkylation sites (N-methyl/N-ethyl adjacent to an activating group) is 1. The molecule has 1 aliphatic rings. The van der Waals surface area contributed by atoms with E-state index in [9.17, 15) is 5.11 Å². The van der Waals surface area contributed by atoms with Gasteiger partial charge in [-0.15, -0.1) is 11.3 Å². The van der Waals surface area contributed by atoms with Crippen LogP contribution in [-0.4, -0.2) is 34.8 Å². The van der Waals surface area contributed by atoms with Crippen LogP contribution in [0.25, 0.3) is 0 Å². The van der Waals surface area contributed by atoms with E-state index < -0.39 is 6.10 Å². The summed E-state index contributed by atoms with van der Waals surface area (Å²) >= 11 is 1.55. The molecule has 0 radical (unpaired) electrons. The number of furan rings is 1. The van der Waals surface area contributed by atoms with Crippen molar-refractivity contribution in [3.8, 4) is 11.8 Å². The minimum absolute atomic E-state index is 0.341. The molecule has 0 bridgehead atoms. The molecule has 6 nitrogen and oxygen atoms in total. The van der Waals surface area contributed by atoms with E-state index in [1.807, 2.05) is 42.8 Å². The molecule has 4 heterocycles. The van der Waals surface area contributed by atoms with E-state index in [4.69, 9.17) is 14.4 Å². The van der Waals surface area contributed by atoms with Gasteiger partial charge in [0.15, 0.2) is 11.6 Å². The van der Waals surface area contributed by atoms with Crippen LogP contribution in [0.2, 0.25) is 0 Å². The number of amidine groups is 1. The molecule has 140 valence electrons.